The fourth-order valence-electron chi connectivity index (χ4n) is 5.98. The van der Waals surface area contributed by atoms with Crippen molar-refractivity contribution in [2.75, 3.05) is 0 Å². The molecular formula is C44H26O2. The average Bonchev–Trinajstić information content (AvgIpc) is 3.92. The van der Waals surface area contributed by atoms with Gasteiger partial charge in [-0.15, -0.1) is 0 Å². The smallest absolute Gasteiger partial charge is 0.136 e. The molecule has 0 fully saturated rings. The normalized spacial score (nSPS) is 18.3. The molecule has 2 nitrogen and oxygen atoms in total. The Labute approximate surface area is 294 Å². The molecule has 10 rings (SSSR count). The Morgan fingerprint density at radius 2 is 0.870 bits per heavy atom. The summed E-state index contributed by atoms with van der Waals surface area (Å²) in [5, 5.41) is -2.24. The molecule has 214 valence electrons. The first-order valence-electron chi connectivity index (χ1n) is 24.5. The van der Waals surface area contributed by atoms with Crippen LogP contribution < -0.4 is 0 Å². The third kappa shape index (κ3) is 3.65. The highest BCUT2D eigenvalue weighted by molar-refractivity contribution is 6.26. The number of furan rings is 2. The maximum Gasteiger partial charge on any atom is 0.136 e. The van der Waals surface area contributed by atoms with Crippen molar-refractivity contribution >= 4 is 65.4 Å². The molecule has 0 radical (unpaired) electrons. The lowest BCUT2D eigenvalue weighted by atomic mass is 9.85. The van der Waals surface area contributed by atoms with Gasteiger partial charge in [0.2, 0.25) is 0 Å². The number of hydrogen-bond donors (Lipinski definition) is 0. The number of para-hydroxylation sites is 1. The minimum Gasteiger partial charge on any atom is -0.456 e. The van der Waals surface area contributed by atoms with Crippen molar-refractivity contribution < 1.29 is 37.6 Å². The molecule has 2 heterocycles. The molecule has 0 amide bonds. The molecule has 2 heteroatoms. The largest absolute Gasteiger partial charge is 0.456 e. The van der Waals surface area contributed by atoms with Gasteiger partial charge in [-0.2, -0.15) is 0 Å². The Hall–Kier alpha value is -6.12. The predicted octanol–water partition coefficient (Wildman–Crippen LogP) is 12.8. The van der Waals surface area contributed by atoms with Crippen LogP contribution in [-0.2, 0) is 0 Å². The van der Waals surface area contributed by atoms with E-state index in [-0.39, 0.29) is 54.6 Å². The van der Waals surface area contributed by atoms with Crippen molar-refractivity contribution in [2.24, 2.45) is 0 Å². The van der Waals surface area contributed by atoms with Gasteiger partial charge >= 0.3 is 0 Å². The van der Waals surface area contributed by atoms with Crippen LogP contribution >= 0.6 is 0 Å². The van der Waals surface area contributed by atoms with E-state index < -0.39 is 171 Å². The molecule has 0 aliphatic carbocycles. The van der Waals surface area contributed by atoms with Crippen molar-refractivity contribution in [3.63, 3.8) is 0 Å². The van der Waals surface area contributed by atoms with Crippen LogP contribution in [0.2, 0.25) is 0 Å². The molecule has 0 aliphatic heterocycles. The van der Waals surface area contributed by atoms with Gasteiger partial charge in [0, 0.05) is 21.5 Å². The fourth-order valence-corrected chi connectivity index (χ4v) is 5.98. The molecule has 0 unspecified atom stereocenters. The van der Waals surface area contributed by atoms with Crippen molar-refractivity contribution in [1.29, 1.82) is 0 Å². The van der Waals surface area contributed by atoms with Gasteiger partial charge in [-0.05, 0) is 91.2 Å². The number of benzene rings is 8. The van der Waals surface area contributed by atoms with E-state index in [9.17, 15) is 12.3 Å². The number of rotatable bonds is 3. The van der Waals surface area contributed by atoms with Gasteiger partial charge in [0.1, 0.15) is 22.3 Å². The van der Waals surface area contributed by atoms with Crippen LogP contribution in [0.5, 0.6) is 0 Å². The second-order valence-electron chi connectivity index (χ2n) is 10.4. The zero-order valence-electron chi connectivity index (χ0n) is 44.2. The molecular weight excluding hydrogens is 560 g/mol. The minimum atomic E-state index is -0.931. The topological polar surface area (TPSA) is 26.3 Å². The highest BCUT2D eigenvalue weighted by Gasteiger charge is 2.18. The van der Waals surface area contributed by atoms with Crippen molar-refractivity contribution in [3.8, 4) is 33.4 Å². The molecule has 0 spiro atoms. The van der Waals surface area contributed by atoms with Crippen LogP contribution in [-0.4, -0.2) is 0 Å². The molecule has 0 saturated carbocycles. The lowest BCUT2D eigenvalue weighted by Crippen LogP contribution is -1.91. The van der Waals surface area contributed by atoms with Crippen LogP contribution in [0.25, 0.3) is 98.8 Å². The summed E-state index contributed by atoms with van der Waals surface area (Å²) in [5.41, 5.74) is -3.98. The molecule has 8 aromatic carbocycles. The second-order valence-corrected chi connectivity index (χ2v) is 10.4. The first-order chi connectivity index (χ1) is 31.6. The van der Waals surface area contributed by atoms with E-state index in [2.05, 4.69) is 0 Å². The van der Waals surface area contributed by atoms with Gasteiger partial charge in [0.05, 0.1) is 28.8 Å². The van der Waals surface area contributed by atoms with E-state index in [0.29, 0.717) is 0 Å². The van der Waals surface area contributed by atoms with E-state index >= 15 is 0 Å². The zero-order chi connectivity index (χ0) is 48.5. The van der Waals surface area contributed by atoms with Crippen molar-refractivity contribution in [1.82, 2.24) is 0 Å². The minimum absolute atomic E-state index is 0.0226. The predicted molar refractivity (Wildman–Crippen MR) is 192 cm³/mol. The molecule has 2 aromatic heterocycles. The number of hydrogen-bond acceptors (Lipinski definition) is 2. The molecule has 0 atom stereocenters. The Morgan fingerprint density at radius 3 is 1.54 bits per heavy atom. The van der Waals surface area contributed by atoms with Crippen LogP contribution in [0, 0.1) is 0 Å². The van der Waals surface area contributed by atoms with E-state index in [0.717, 1.165) is 0 Å². The van der Waals surface area contributed by atoms with Gasteiger partial charge in [0.25, 0.3) is 0 Å². The highest BCUT2D eigenvalue weighted by Crippen LogP contribution is 2.45. The monoisotopic (exact) mass is 607 g/mol. The Bertz CT molecular complexity index is 3910. The summed E-state index contributed by atoms with van der Waals surface area (Å²) in [4.78, 5) is 0. The lowest BCUT2D eigenvalue weighted by molar-refractivity contribution is 0.663. The summed E-state index contributed by atoms with van der Waals surface area (Å²) in [6.45, 7) is 0. The highest BCUT2D eigenvalue weighted by atomic mass is 16.3. The third-order valence-corrected chi connectivity index (χ3v) is 7.90. The number of fused-ring (bicyclic) bond motifs is 9. The quantitative estimate of drug-likeness (QED) is 0.187. The average molecular weight is 608 g/mol. The van der Waals surface area contributed by atoms with E-state index in [1.54, 1.807) is 30.3 Å². The first kappa shape index (κ1) is 12.3. The summed E-state index contributed by atoms with van der Waals surface area (Å²) in [6.07, 6.45) is 0. The van der Waals surface area contributed by atoms with Gasteiger partial charge in [-0.1, -0.05) is 121 Å². The third-order valence-electron chi connectivity index (χ3n) is 7.90. The van der Waals surface area contributed by atoms with Crippen LogP contribution in [0.1, 0.15) is 28.8 Å². The van der Waals surface area contributed by atoms with Crippen molar-refractivity contribution in [3.05, 3.63) is 157 Å². The summed E-state index contributed by atoms with van der Waals surface area (Å²) in [6, 6.07) is -7.43. The Morgan fingerprint density at radius 1 is 0.348 bits per heavy atom. The fraction of sp³-hybridized carbons (Fsp3) is 0. The summed E-state index contributed by atoms with van der Waals surface area (Å²) >= 11 is 0. The van der Waals surface area contributed by atoms with Crippen LogP contribution in [0.3, 0.4) is 0 Å². The summed E-state index contributed by atoms with van der Waals surface area (Å²) in [7, 11) is 0. The van der Waals surface area contributed by atoms with Crippen LogP contribution in [0.15, 0.2) is 166 Å². The maximum atomic E-state index is 9.80. The maximum absolute atomic E-state index is 9.80. The molecule has 0 N–H and O–H groups in total. The summed E-state index contributed by atoms with van der Waals surface area (Å²) < 4.78 is 201. The SMILES string of the molecule is [2H]c1c([2H])c(-c2c([2H])c([2H])c3c(oc4c([2H])c([2H])c5oc6c([2H])c([2H])c([2H])c([2H])c6c5c43)c2[2H])c([2H])c(-c2c3c([2H])c([2H])c([2H])c([2H])c3c(-c3ccccc3)c3c([2H])c([2H])c([2H])c([2H])c23)c1[2H]. The molecule has 46 heavy (non-hydrogen) atoms. The Kier molecular flexibility index (Phi) is 2.60. The molecule has 0 saturated heterocycles. The lowest BCUT2D eigenvalue weighted by Gasteiger charge is -2.18. The van der Waals surface area contributed by atoms with Gasteiger partial charge in [-0.25, -0.2) is 0 Å². The van der Waals surface area contributed by atoms with Crippen LogP contribution in [0.4, 0.5) is 0 Å². The summed E-state index contributed by atoms with van der Waals surface area (Å²) in [5.74, 6) is 0. The first-order valence-corrected chi connectivity index (χ1v) is 14.0. The molecule has 0 aliphatic rings. The molecule has 10 aromatic rings. The van der Waals surface area contributed by atoms with Gasteiger partial charge in [0.15, 0.2) is 0 Å². The zero-order valence-corrected chi connectivity index (χ0v) is 23.2. The van der Waals surface area contributed by atoms with Gasteiger partial charge in [-0.3, -0.25) is 0 Å². The van der Waals surface area contributed by atoms with E-state index in [1.165, 1.54) is 0 Å². The van der Waals surface area contributed by atoms with E-state index in [1.807, 2.05) is 0 Å². The van der Waals surface area contributed by atoms with Crippen molar-refractivity contribution in [2.45, 2.75) is 0 Å². The second kappa shape index (κ2) is 9.69. The van der Waals surface area contributed by atoms with Gasteiger partial charge < -0.3 is 8.83 Å². The Balaban J connectivity index is 1.41. The standard InChI is InChI=1S/C44H26O2/c1-2-11-27(12-3-1)41-31-15-4-6-17-33(31)42(34-18-7-5-16-32(34)41)30-14-10-13-28(25-30)29-21-22-36-40(26-29)46-39-24-23-38-43(44(36)39)35-19-8-9-20-37(35)45-38/h1-26H/i4D,5D,6D,7D,8D,9D,10D,13D,14D,15D,16D,17D,18D,19D,20D,21D,22D,23D,24D,25D,26D. The van der Waals surface area contributed by atoms with E-state index in [4.69, 9.17) is 25.3 Å². The molecule has 0 bridgehead atoms.